The Morgan fingerprint density at radius 3 is 3.06 bits per heavy atom. The van der Waals surface area contributed by atoms with E-state index in [0.29, 0.717) is 0 Å². The third kappa shape index (κ3) is 2.99. The molecule has 17 heavy (non-hydrogen) atoms. The molecule has 1 saturated carbocycles. The first-order valence-electron chi connectivity index (χ1n) is 6.58. The maximum Gasteiger partial charge on any atom is 0.123 e. The highest BCUT2D eigenvalue weighted by Gasteiger charge is 2.20. The van der Waals surface area contributed by atoms with Gasteiger partial charge >= 0.3 is 0 Å². The second kappa shape index (κ2) is 5.07. The van der Waals surface area contributed by atoms with Crippen LogP contribution in [0.25, 0.3) is 0 Å². The Kier molecular flexibility index (Phi) is 3.29. The second-order valence-electron chi connectivity index (χ2n) is 4.96. The summed E-state index contributed by atoms with van der Waals surface area (Å²) in [6, 6.07) is 9.19. The number of ether oxygens (including phenoxy) is 1. The molecule has 3 rings (SSSR count). The van der Waals surface area contributed by atoms with Crippen molar-refractivity contribution in [2.45, 2.75) is 25.4 Å². The summed E-state index contributed by atoms with van der Waals surface area (Å²) in [7, 11) is 0. The monoisotopic (exact) mass is 232 g/mol. The van der Waals surface area contributed by atoms with Crippen molar-refractivity contribution in [2.24, 2.45) is 0 Å². The van der Waals surface area contributed by atoms with Crippen molar-refractivity contribution < 1.29 is 4.74 Å². The quantitative estimate of drug-likeness (QED) is 0.854. The van der Waals surface area contributed by atoms with Crippen molar-refractivity contribution in [3.05, 3.63) is 29.8 Å². The Hall–Kier alpha value is -1.06. The van der Waals surface area contributed by atoms with E-state index in [-0.39, 0.29) is 0 Å². The highest BCUT2D eigenvalue weighted by atomic mass is 16.5. The van der Waals surface area contributed by atoms with Gasteiger partial charge in [-0.25, -0.2) is 0 Å². The number of rotatable bonds is 4. The lowest BCUT2D eigenvalue weighted by Gasteiger charge is -2.19. The minimum atomic E-state index is 0.806. The summed E-state index contributed by atoms with van der Waals surface area (Å²) < 4.78 is 5.76. The number of hydrogen-bond donors (Lipinski definition) is 1. The summed E-state index contributed by atoms with van der Waals surface area (Å²) in [6.07, 6.45) is 2.73. The van der Waals surface area contributed by atoms with Crippen LogP contribution in [-0.2, 0) is 6.54 Å². The third-order valence-electron chi connectivity index (χ3n) is 3.47. The molecule has 1 heterocycles. The van der Waals surface area contributed by atoms with Crippen molar-refractivity contribution in [2.75, 3.05) is 26.2 Å². The van der Waals surface area contributed by atoms with Gasteiger partial charge in [-0.2, -0.15) is 0 Å². The van der Waals surface area contributed by atoms with Gasteiger partial charge in [-0.15, -0.1) is 0 Å². The predicted molar refractivity (Wildman–Crippen MR) is 68.2 cm³/mol. The first-order valence-corrected chi connectivity index (χ1v) is 6.58. The van der Waals surface area contributed by atoms with E-state index in [1.54, 1.807) is 0 Å². The summed E-state index contributed by atoms with van der Waals surface area (Å²) in [5.41, 5.74) is 1.32. The van der Waals surface area contributed by atoms with E-state index in [9.17, 15) is 0 Å². The molecular formula is C14H20N2O. The lowest BCUT2D eigenvalue weighted by Crippen LogP contribution is -2.34. The van der Waals surface area contributed by atoms with Gasteiger partial charge in [-0.3, -0.25) is 4.90 Å². The van der Waals surface area contributed by atoms with Gasteiger partial charge in [0.2, 0.25) is 0 Å². The van der Waals surface area contributed by atoms with Crippen molar-refractivity contribution >= 4 is 0 Å². The van der Waals surface area contributed by atoms with E-state index in [4.69, 9.17) is 4.74 Å². The van der Waals surface area contributed by atoms with Crippen molar-refractivity contribution in [3.8, 4) is 5.75 Å². The SMILES string of the molecule is c1ccc2c(c1)CN(CCNC1CC1)CCO2. The zero-order valence-corrected chi connectivity index (χ0v) is 10.2. The Balaban J connectivity index is 1.55. The van der Waals surface area contributed by atoms with E-state index in [1.165, 1.54) is 18.4 Å². The van der Waals surface area contributed by atoms with Crippen LogP contribution in [0.4, 0.5) is 0 Å². The predicted octanol–water partition coefficient (Wildman–Crippen LogP) is 1.63. The lowest BCUT2D eigenvalue weighted by atomic mass is 10.2. The second-order valence-corrected chi connectivity index (χ2v) is 4.96. The van der Waals surface area contributed by atoms with E-state index in [1.807, 2.05) is 6.07 Å². The largest absolute Gasteiger partial charge is 0.492 e. The number of nitrogens with zero attached hydrogens (tertiary/aromatic N) is 1. The van der Waals surface area contributed by atoms with Crippen LogP contribution < -0.4 is 10.1 Å². The van der Waals surface area contributed by atoms with Gasteiger partial charge in [0.1, 0.15) is 12.4 Å². The van der Waals surface area contributed by atoms with Crippen LogP contribution in [0.15, 0.2) is 24.3 Å². The zero-order chi connectivity index (χ0) is 11.5. The Labute approximate surface area is 103 Å². The normalized spacial score (nSPS) is 20.5. The van der Waals surface area contributed by atoms with Crippen LogP contribution in [0.3, 0.4) is 0 Å². The molecule has 1 aromatic carbocycles. The molecule has 1 aliphatic carbocycles. The highest BCUT2D eigenvalue weighted by molar-refractivity contribution is 5.33. The molecule has 0 radical (unpaired) electrons. The van der Waals surface area contributed by atoms with Gasteiger partial charge in [-0.1, -0.05) is 18.2 Å². The Morgan fingerprint density at radius 2 is 2.18 bits per heavy atom. The molecule has 3 heteroatoms. The van der Waals surface area contributed by atoms with Gasteiger partial charge in [0.05, 0.1) is 0 Å². The number of fused-ring (bicyclic) bond motifs is 1. The molecule has 0 saturated heterocycles. The molecule has 0 unspecified atom stereocenters. The minimum absolute atomic E-state index is 0.806. The molecule has 3 nitrogen and oxygen atoms in total. The Bertz CT molecular complexity index is 376. The molecular weight excluding hydrogens is 212 g/mol. The summed E-state index contributed by atoms with van der Waals surface area (Å²) >= 11 is 0. The molecule has 1 aliphatic heterocycles. The topological polar surface area (TPSA) is 24.5 Å². The molecule has 92 valence electrons. The fourth-order valence-corrected chi connectivity index (χ4v) is 2.29. The molecule has 0 spiro atoms. The fourth-order valence-electron chi connectivity index (χ4n) is 2.29. The van der Waals surface area contributed by atoms with E-state index in [0.717, 1.165) is 44.6 Å². The summed E-state index contributed by atoms with van der Waals surface area (Å²) in [4.78, 5) is 2.47. The molecule has 0 atom stereocenters. The molecule has 1 N–H and O–H groups in total. The first kappa shape index (κ1) is 11.1. The summed E-state index contributed by atoms with van der Waals surface area (Å²) in [5.74, 6) is 1.06. The van der Waals surface area contributed by atoms with E-state index in [2.05, 4.69) is 28.4 Å². The maximum absolute atomic E-state index is 5.76. The zero-order valence-electron chi connectivity index (χ0n) is 10.2. The summed E-state index contributed by atoms with van der Waals surface area (Å²) in [6.45, 7) is 5.07. The van der Waals surface area contributed by atoms with Crippen molar-refractivity contribution in [1.29, 1.82) is 0 Å². The molecule has 1 aromatic rings. The molecule has 2 aliphatic rings. The average Bonchev–Trinajstić information content (AvgIpc) is 3.15. The average molecular weight is 232 g/mol. The number of nitrogens with one attached hydrogen (secondary N) is 1. The highest BCUT2D eigenvalue weighted by Crippen LogP contribution is 2.22. The van der Waals surface area contributed by atoms with Crippen LogP contribution in [0, 0.1) is 0 Å². The first-order chi connectivity index (χ1) is 8.42. The van der Waals surface area contributed by atoms with Crippen LogP contribution in [-0.4, -0.2) is 37.2 Å². The van der Waals surface area contributed by atoms with Crippen LogP contribution in [0.5, 0.6) is 5.75 Å². The lowest BCUT2D eigenvalue weighted by molar-refractivity contribution is 0.226. The third-order valence-corrected chi connectivity index (χ3v) is 3.47. The standard InChI is InChI=1S/C14H20N2O/c1-2-4-14-12(3-1)11-16(9-10-17-14)8-7-15-13-5-6-13/h1-4,13,15H,5-11H2. The Morgan fingerprint density at radius 1 is 1.29 bits per heavy atom. The number of benzene rings is 1. The smallest absolute Gasteiger partial charge is 0.123 e. The molecule has 0 bridgehead atoms. The maximum atomic E-state index is 5.76. The van der Waals surface area contributed by atoms with E-state index < -0.39 is 0 Å². The van der Waals surface area contributed by atoms with Crippen LogP contribution >= 0.6 is 0 Å². The van der Waals surface area contributed by atoms with Crippen LogP contribution in [0.2, 0.25) is 0 Å². The number of hydrogen-bond acceptors (Lipinski definition) is 3. The van der Waals surface area contributed by atoms with E-state index >= 15 is 0 Å². The van der Waals surface area contributed by atoms with Gasteiger partial charge in [0.25, 0.3) is 0 Å². The van der Waals surface area contributed by atoms with Crippen molar-refractivity contribution in [1.82, 2.24) is 10.2 Å². The van der Waals surface area contributed by atoms with Gasteiger partial charge < -0.3 is 10.1 Å². The molecule has 1 fully saturated rings. The summed E-state index contributed by atoms with van der Waals surface area (Å²) in [5, 5.41) is 3.57. The number of para-hydroxylation sites is 1. The molecule has 0 aromatic heterocycles. The fraction of sp³-hybridized carbons (Fsp3) is 0.571. The van der Waals surface area contributed by atoms with Crippen LogP contribution in [0.1, 0.15) is 18.4 Å². The van der Waals surface area contributed by atoms with Gasteiger partial charge in [0.15, 0.2) is 0 Å². The van der Waals surface area contributed by atoms with Gasteiger partial charge in [0, 0.05) is 37.8 Å². The molecule has 0 amide bonds. The van der Waals surface area contributed by atoms with Crippen molar-refractivity contribution in [3.63, 3.8) is 0 Å². The van der Waals surface area contributed by atoms with Gasteiger partial charge in [-0.05, 0) is 18.9 Å². The minimum Gasteiger partial charge on any atom is -0.492 e.